The van der Waals surface area contributed by atoms with Crippen LogP contribution in [0.25, 0.3) is 6.08 Å². The molecule has 50 heavy (non-hydrogen) atoms. The Morgan fingerprint density at radius 1 is 0.900 bits per heavy atom. The molecule has 0 N–H and O–H groups in total. The number of nitrogens with zero attached hydrogens (tertiary/aromatic N) is 2. The summed E-state index contributed by atoms with van der Waals surface area (Å²) in [7, 11) is 2.79. The first-order valence-corrected chi connectivity index (χ1v) is 17.1. The third-order valence-corrected chi connectivity index (χ3v) is 9.26. The third-order valence-electron chi connectivity index (χ3n) is 7.54. The van der Waals surface area contributed by atoms with Gasteiger partial charge in [0.05, 0.1) is 59.3 Å². The van der Waals surface area contributed by atoms with Crippen molar-refractivity contribution in [1.29, 1.82) is 0 Å². The van der Waals surface area contributed by atoms with Crippen LogP contribution in [-0.4, -0.2) is 50.5 Å². The van der Waals surface area contributed by atoms with Crippen molar-refractivity contribution in [2.75, 3.05) is 34.0 Å². The minimum Gasteiger partial charge on any atom is -0.493 e. The van der Waals surface area contributed by atoms with Gasteiger partial charge in [-0.15, -0.1) is 0 Å². The Morgan fingerprint density at radius 3 is 2.36 bits per heavy atom. The molecule has 0 saturated carbocycles. The number of rotatable bonds is 13. The number of halogens is 2. The molecule has 0 radical (unpaired) electrons. The maximum absolute atomic E-state index is 14.2. The van der Waals surface area contributed by atoms with Gasteiger partial charge in [-0.25, -0.2) is 14.6 Å². The van der Waals surface area contributed by atoms with E-state index < -0.39 is 18.0 Å². The molecule has 262 valence electrons. The summed E-state index contributed by atoms with van der Waals surface area (Å²) in [4.78, 5) is 44.3. The van der Waals surface area contributed by atoms with Gasteiger partial charge in [-0.3, -0.25) is 9.36 Å². The summed E-state index contributed by atoms with van der Waals surface area (Å²) in [6, 6.07) is 14.7. The zero-order chi connectivity index (χ0) is 35.9. The van der Waals surface area contributed by atoms with Gasteiger partial charge in [0.15, 0.2) is 34.4 Å². The van der Waals surface area contributed by atoms with Gasteiger partial charge in [0, 0.05) is 0 Å². The highest BCUT2D eigenvalue weighted by molar-refractivity contribution is 7.07. The SMILES string of the molecule is CCOC(=O)C1=C(C)N=c2s/c(=C\c3ccc(OCc4ccc(Cl)c(Cl)c4)c(OC)c3)c(=O)n2[C@H]1c1ccc(OCC(=O)OC)c(OCC)c1. The summed E-state index contributed by atoms with van der Waals surface area (Å²) in [5.41, 5.74) is 2.31. The molecule has 2 heterocycles. The fourth-order valence-electron chi connectivity index (χ4n) is 5.22. The van der Waals surface area contributed by atoms with Gasteiger partial charge >= 0.3 is 11.9 Å². The number of benzene rings is 3. The monoisotopic (exact) mass is 740 g/mol. The second kappa shape index (κ2) is 16.3. The van der Waals surface area contributed by atoms with Crippen LogP contribution < -0.4 is 33.8 Å². The number of carbonyl (C=O) groups is 2. The Balaban J connectivity index is 1.55. The van der Waals surface area contributed by atoms with Crippen LogP contribution in [-0.2, 0) is 25.7 Å². The molecule has 1 aliphatic rings. The maximum Gasteiger partial charge on any atom is 0.343 e. The van der Waals surface area contributed by atoms with Crippen molar-refractivity contribution in [2.45, 2.75) is 33.4 Å². The van der Waals surface area contributed by atoms with E-state index in [9.17, 15) is 14.4 Å². The van der Waals surface area contributed by atoms with E-state index in [1.54, 1.807) is 75.4 Å². The second-order valence-corrected chi connectivity index (χ2v) is 12.6. The van der Waals surface area contributed by atoms with Crippen LogP contribution in [0.2, 0.25) is 10.0 Å². The van der Waals surface area contributed by atoms with Gasteiger partial charge < -0.3 is 28.4 Å². The number of aromatic nitrogens is 1. The Kier molecular flexibility index (Phi) is 11.9. The summed E-state index contributed by atoms with van der Waals surface area (Å²) in [6.07, 6.45) is 1.73. The quantitative estimate of drug-likeness (QED) is 0.160. The van der Waals surface area contributed by atoms with Crippen LogP contribution in [0.3, 0.4) is 0 Å². The Hall–Kier alpha value is -4.78. The number of ether oxygens (including phenoxy) is 6. The van der Waals surface area contributed by atoms with E-state index in [1.165, 1.54) is 30.1 Å². The van der Waals surface area contributed by atoms with Crippen molar-refractivity contribution in [3.05, 3.63) is 112 Å². The van der Waals surface area contributed by atoms with Crippen molar-refractivity contribution in [2.24, 2.45) is 4.99 Å². The molecule has 14 heteroatoms. The lowest BCUT2D eigenvalue weighted by Gasteiger charge is -2.25. The molecule has 0 fully saturated rings. The van der Waals surface area contributed by atoms with Gasteiger partial charge in [0.2, 0.25) is 0 Å². The lowest BCUT2D eigenvalue weighted by molar-refractivity contribution is -0.143. The number of hydrogen-bond acceptors (Lipinski definition) is 11. The number of hydrogen-bond donors (Lipinski definition) is 0. The van der Waals surface area contributed by atoms with E-state index in [4.69, 9.17) is 46.9 Å². The van der Waals surface area contributed by atoms with Gasteiger partial charge in [-0.05, 0) is 79.9 Å². The fraction of sp³-hybridized carbons (Fsp3) is 0.278. The molecule has 0 spiro atoms. The van der Waals surface area contributed by atoms with E-state index in [-0.39, 0.29) is 31.0 Å². The van der Waals surface area contributed by atoms with Crippen molar-refractivity contribution in [1.82, 2.24) is 4.57 Å². The van der Waals surface area contributed by atoms with Crippen molar-refractivity contribution >= 4 is 52.6 Å². The molecule has 1 atom stereocenters. The van der Waals surface area contributed by atoms with Gasteiger partial charge in [0.1, 0.15) is 6.61 Å². The number of carbonyl (C=O) groups excluding carboxylic acids is 2. The number of fused-ring (bicyclic) bond motifs is 1. The number of esters is 2. The highest BCUT2D eigenvalue weighted by Crippen LogP contribution is 2.37. The second-order valence-electron chi connectivity index (χ2n) is 10.8. The first kappa shape index (κ1) is 36.5. The van der Waals surface area contributed by atoms with Crippen molar-refractivity contribution in [3.63, 3.8) is 0 Å². The smallest absolute Gasteiger partial charge is 0.343 e. The van der Waals surface area contributed by atoms with Crippen molar-refractivity contribution < 1.29 is 38.0 Å². The molecule has 4 aromatic rings. The zero-order valence-electron chi connectivity index (χ0n) is 27.9. The third kappa shape index (κ3) is 7.99. The minimum absolute atomic E-state index is 0.131. The topological polar surface area (TPSA) is 124 Å². The van der Waals surface area contributed by atoms with E-state index in [2.05, 4.69) is 9.73 Å². The Bertz CT molecular complexity index is 2140. The van der Waals surface area contributed by atoms with E-state index in [0.29, 0.717) is 65.8 Å². The Morgan fingerprint density at radius 2 is 1.66 bits per heavy atom. The number of allylic oxidation sites excluding steroid dienone is 1. The first-order valence-electron chi connectivity index (χ1n) is 15.5. The van der Waals surface area contributed by atoms with E-state index in [0.717, 1.165) is 5.56 Å². The van der Waals surface area contributed by atoms with Crippen LogP contribution >= 0.6 is 34.5 Å². The van der Waals surface area contributed by atoms with Crippen LogP contribution in [0.15, 0.2) is 75.7 Å². The van der Waals surface area contributed by atoms with Crippen molar-refractivity contribution in [3.8, 4) is 23.0 Å². The summed E-state index contributed by atoms with van der Waals surface area (Å²) >= 11 is 13.4. The molecule has 0 unspecified atom stereocenters. The highest BCUT2D eigenvalue weighted by atomic mass is 35.5. The molecule has 1 aromatic heterocycles. The van der Waals surface area contributed by atoms with Crippen LogP contribution in [0.4, 0.5) is 0 Å². The minimum atomic E-state index is -0.895. The number of thiazole rings is 1. The van der Waals surface area contributed by atoms with Crippen LogP contribution in [0, 0.1) is 0 Å². The summed E-state index contributed by atoms with van der Waals surface area (Å²) in [5, 5.41) is 0.885. The molecule has 11 nitrogen and oxygen atoms in total. The fourth-order valence-corrected chi connectivity index (χ4v) is 6.59. The van der Waals surface area contributed by atoms with Gasteiger partial charge in [-0.2, -0.15) is 0 Å². The number of methoxy groups -OCH3 is 2. The molecule has 1 aliphatic heterocycles. The molecule has 0 aliphatic carbocycles. The lowest BCUT2D eigenvalue weighted by atomic mass is 9.95. The predicted molar refractivity (Wildman–Crippen MR) is 189 cm³/mol. The zero-order valence-corrected chi connectivity index (χ0v) is 30.2. The largest absolute Gasteiger partial charge is 0.493 e. The molecular weight excluding hydrogens is 707 g/mol. The summed E-state index contributed by atoms with van der Waals surface area (Å²) in [6.45, 7) is 5.54. The summed E-state index contributed by atoms with van der Waals surface area (Å²) in [5.74, 6) is 0.416. The first-order chi connectivity index (χ1) is 24.1. The average molecular weight is 742 g/mol. The van der Waals surface area contributed by atoms with E-state index in [1.807, 2.05) is 6.07 Å². The highest BCUT2D eigenvalue weighted by Gasteiger charge is 2.34. The molecule has 0 amide bonds. The van der Waals surface area contributed by atoms with E-state index >= 15 is 0 Å². The lowest BCUT2D eigenvalue weighted by Crippen LogP contribution is -2.40. The van der Waals surface area contributed by atoms with Gasteiger partial charge in [-0.1, -0.05) is 52.7 Å². The average Bonchev–Trinajstić information content (AvgIpc) is 3.41. The van der Waals surface area contributed by atoms with Gasteiger partial charge in [0.25, 0.3) is 5.56 Å². The standard InChI is InChI=1S/C36H34Cl2N2O9S/c1-6-46-29-17-23(10-13-27(29)49-19-31(41)45-5)33-32(35(43)47-7-2)20(3)39-36-40(33)34(42)30(50-36)16-21-9-12-26(28(15-21)44-4)48-18-22-8-11-24(37)25(38)14-22/h8-17,33H,6-7,18-19H2,1-5H3/b30-16-/t33-/m0/s1. The molecule has 3 aromatic carbocycles. The molecule has 0 bridgehead atoms. The normalized spacial score (nSPS) is 14.1. The Labute approximate surface area is 301 Å². The molecule has 5 rings (SSSR count). The van der Waals surface area contributed by atoms with Crippen LogP contribution in [0.5, 0.6) is 23.0 Å². The predicted octanol–water partition coefficient (Wildman–Crippen LogP) is 5.64. The van der Waals surface area contributed by atoms with Crippen LogP contribution in [0.1, 0.15) is 43.5 Å². The summed E-state index contributed by atoms with van der Waals surface area (Å²) < 4.78 is 35.0. The molecule has 0 saturated heterocycles. The maximum atomic E-state index is 14.2. The molecular formula is C36H34Cl2N2O9S.